The number of methoxy groups -OCH3 is 2. The molecule has 0 atom stereocenters. The Labute approximate surface area is 167 Å². The number of rotatable bonds is 7. The quantitative estimate of drug-likeness (QED) is 0.796. The highest BCUT2D eigenvalue weighted by Gasteiger charge is 2.19. The SMILES string of the molecule is CNC(=O)c1ccc(CN2CCN(Cc3cc(OC)ccc3OC)CC2)cc1. The van der Waals surface area contributed by atoms with Gasteiger partial charge in [-0.2, -0.15) is 0 Å². The van der Waals surface area contributed by atoms with Gasteiger partial charge < -0.3 is 14.8 Å². The van der Waals surface area contributed by atoms with Gasteiger partial charge in [-0.15, -0.1) is 0 Å². The van der Waals surface area contributed by atoms with E-state index in [1.54, 1.807) is 21.3 Å². The Hall–Kier alpha value is -2.57. The van der Waals surface area contributed by atoms with Gasteiger partial charge in [0, 0.05) is 57.4 Å². The van der Waals surface area contributed by atoms with Crippen molar-refractivity contribution in [3.63, 3.8) is 0 Å². The van der Waals surface area contributed by atoms with Crippen molar-refractivity contribution in [2.24, 2.45) is 0 Å². The Kier molecular flexibility index (Phi) is 6.90. The molecule has 0 bridgehead atoms. The number of hydrogen-bond acceptors (Lipinski definition) is 5. The summed E-state index contributed by atoms with van der Waals surface area (Å²) < 4.78 is 10.8. The first kappa shape index (κ1) is 20.2. The van der Waals surface area contributed by atoms with Crippen LogP contribution in [0.2, 0.25) is 0 Å². The minimum absolute atomic E-state index is 0.0480. The molecule has 1 aliphatic heterocycles. The Balaban J connectivity index is 1.53. The van der Waals surface area contributed by atoms with Gasteiger partial charge in [0.1, 0.15) is 11.5 Å². The highest BCUT2D eigenvalue weighted by atomic mass is 16.5. The van der Waals surface area contributed by atoms with Crippen molar-refractivity contribution in [2.45, 2.75) is 13.1 Å². The molecule has 1 N–H and O–H groups in total. The van der Waals surface area contributed by atoms with Crippen LogP contribution < -0.4 is 14.8 Å². The van der Waals surface area contributed by atoms with Crippen LogP contribution >= 0.6 is 0 Å². The maximum absolute atomic E-state index is 11.6. The van der Waals surface area contributed by atoms with Gasteiger partial charge in [-0.3, -0.25) is 14.6 Å². The zero-order valence-corrected chi connectivity index (χ0v) is 16.9. The number of amides is 1. The molecule has 6 heteroatoms. The Morgan fingerprint density at radius 3 is 2.14 bits per heavy atom. The van der Waals surface area contributed by atoms with Gasteiger partial charge in [0.2, 0.25) is 0 Å². The average Bonchev–Trinajstić information content (AvgIpc) is 2.75. The molecule has 2 aromatic rings. The maximum atomic E-state index is 11.6. The largest absolute Gasteiger partial charge is 0.497 e. The molecule has 28 heavy (non-hydrogen) atoms. The third-order valence-electron chi connectivity index (χ3n) is 5.20. The molecule has 0 unspecified atom stereocenters. The normalized spacial score (nSPS) is 15.2. The molecular weight excluding hydrogens is 354 g/mol. The average molecular weight is 383 g/mol. The lowest BCUT2D eigenvalue weighted by Crippen LogP contribution is -2.45. The van der Waals surface area contributed by atoms with Gasteiger partial charge in [-0.05, 0) is 35.9 Å². The van der Waals surface area contributed by atoms with Crippen LogP contribution in [0.1, 0.15) is 21.5 Å². The van der Waals surface area contributed by atoms with E-state index in [0.29, 0.717) is 5.56 Å². The standard InChI is InChI=1S/C22H29N3O3/c1-23-22(26)18-6-4-17(5-7-18)15-24-10-12-25(13-11-24)16-19-14-20(27-2)8-9-21(19)28-3/h4-9,14H,10-13,15-16H2,1-3H3,(H,23,26). The van der Waals surface area contributed by atoms with Gasteiger partial charge >= 0.3 is 0 Å². The van der Waals surface area contributed by atoms with Crippen molar-refractivity contribution in [3.8, 4) is 11.5 Å². The second-order valence-electron chi connectivity index (χ2n) is 7.01. The van der Waals surface area contributed by atoms with Crippen LogP contribution in [0.25, 0.3) is 0 Å². The molecule has 2 aromatic carbocycles. The summed E-state index contributed by atoms with van der Waals surface area (Å²) >= 11 is 0. The van der Waals surface area contributed by atoms with Crippen molar-refractivity contribution in [2.75, 3.05) is 47.4 Å². The molecule has 1 heterocycles. The van der Waals surface area contributed by atoms with Crippen LogP contribution in [0.5, 0.6) is 11.5 Å². The number of nitrogens with zero attached hydrogens (tertiary/aromatic N) is 2. The maximum Gasteiger partial charge on any atom is 0.251 e. The second kappa shape index (κ2) is 9.57. The molecule has 0 saturated carbocycles. The van der Waals surface area contributed by atoms with E-state index < -0.39 is 0 Å². The molecule has 6 nitrogen and oxygen atoms in total. The van der Waals surface area contributed by atoms with Crippen molar-refractivity contribution in [1.29, 1.82) is 0 Å². The first-order valence-electron chi connectivity index (χ1n) is 9.59. The lowest BCUT2D eigenvalue weighted by atomic mass is 10.1. The first-order chi connectivity index (χ1) is 13.6. The Morgan fingerprint density at radius 2 is 1.57 bits per heavy atom. The smallest absolute Gasteiger partial charge is 0.251 e. The number of hydrogen-bond donors (Lipinski definition) is 1. The number of benzene rings is 2. The van der Waals surface area contributed by atoms with Crippen LogP contribution in [-0.4, -0.2) is 63.2 Å². The fourth-order valence-corrected chi connectivity index (χ4v) is 3.52. The predicted molar refractivity (Wildman–Crippen MR) is 110 cm³/mol. The Morgan fingerprint density at radius 1 is 0.929 bits per heavy atom. The van der Waals surface area contributed by atoms with Crippen molar-refractivity contribution in [1.82, 2.24) is 15.1 Å². The summed E-state index contributed by atoms with van der Waals surface area (Å²) in [6.07, 6.45) is 0. The summed E-state index contributed by atoms with van der Waals surface area (Å²) in [4.78, 5) is 16.5. The number of carbonyl (C=O) groups excluding carboxylic acids is 1. The van der Waals surface area contributed by atoms with Crippen LogP contribution in [0.4, 0.5) is 0 Å². The summed E-state index contributed by atoms with van der Waals surface area (Å²) in [6, 6.07) is 13.8. The summed E-state index contributed by atoms with van der Waals surface area (Å²) in [5.74, 6) is 1.71. The van der Waals surface area contributed by atoms with Crippen LogP contribution in [-0.2, 0) is 13.1 Å². The van der Waals surface area contributed by atoms with Crippen molar-refractivity contribution >= 4 is 5.91 Å². The van der Waals surface area contributed by atoms with E-state index in [0.717, 1.165) is 56.3 Å². The minimum atomic E-state index is -0.0480. The highest BCUT2D eigenvalue weighted by molar-refractivity contribution is 5.93. The monoisotopic (exact) mass is 383 g/mol. The minimum Gasteiger partial charge on any atom is -0.497 e. The molecule has 0 radical (unpaired) electrons. The van der Waals surface area contributed by atoms with Crippen LogP contribution in [0, 0.1) is 0 Å². The third-order valence-corrected chi connectivity index (χ3v) is 5.20. The zero-order valence-electron chi connectivity index (χ0n) is 16.9. The summed E-state index contributed by atoms with van der Waals surface area (Å²) in [7, 11) is 5.04. The summed E-state index contributed by atoms with van der Waals surface area (Å²) in [5, 5.41) is 2.65. The van der Waals surface area contributed by atoms with Gasteiger partial charge in [0.15, 0.2) is 0 Å². The molecular formula is C22H29N3O3. The fourth-order valence-electron chi connectivity index (χ4n) is 3.52. The molecule has 1 aliphatic rings. The topological polar surface area (TPSA) is 54.0 Å². The molecule has 1 amide bonds. The van der Waals surface area contributed by atoms with E-state index >= 15 is 0 Å². The van der Waals surface area contributed by atoms with Gasteiger partial charge in [-0.25, -0.2) is 0 Å². The Bertz CT molecular complexity index is 784. The molecule has 150 valence electrons. The molecule has 3 rings (SSSR count). The molecule has 0 spiro atoms. The van der Waals surface area contributed by atoms with Crippen LogP contribution in [0.15, 0.2) is 42.5 Å². The van der Waals surface area contributed by atoms with Gasteiger partial charge in [0.05, 0.1) is 14.2 Å². The van der Waals surface area contributed by atoms with E-state index in [1.807, 2.05) is 36.4 Å². The lowest BCUT2D eigenvalue weighted by molar-refractivity contribution is 0.0963. The predicted octanol–water partition coefficient (Wildman–Crippen LogP) is 2.38. The number of carbonyl (C=O) groups is 1. The van der Waals surface area contributed by atoms with E-state index in [2.05, 4.69) is 21.2 Å². The summed E-state index contributed by atoms with van der Waals surface area (Å²) in [5.41, 5.74) is 3.08. The zero-order chi connectivity index (χ0) is 19.9. The number of nitrogens with one attached hydrogen (secondary N) is 1. The molecule has 0 aliphatic carbocycles. The van der Waals surface area contributed by atoms with Crippen LogP contribution in [0.3, 0.4) is 0 Å². The summed E-state index contributed by atoms with van der Waals surface area (Å²) in [6.45, 7) is 5.82. The van der Waals surface area contributed by atoms with Crippen molar-refractivity contribution in [3.05, 3.63) is 59.2 Å². The van der Waals surface area contributed by atoms with E-state index in [4.69, 9.17) is 9.47 Å². The molecule has 0 aromatic heterocycles. The van der Waals surface area contributed by atoms with Gasteiger partial charge in [0.25, 0.3) is 5.91 Å². The van der Waals surface area contributed by atoms with Gasteiger partial charge in [-0.1, -0.05) is 12.1 Å². The van der Waals surface area contributed by atoms with E-state index in [9.17, 15) is 4.79 Å². The third kappa shape index (κ3) is 5.03. The molecule has 1 fully saturated rings. The second-order valence-corrected chi connectivity index (χ2v) is 7.01. The fraction of sp³-hybridized carbons (Fsp3) is 0.409. The van der Waals surface area contributed by atoms with E-state index in [1.165, 1.54) is 5.56 Å². The first-order valence-corrected chi connectivity index (χ1v) is 9.59. The number of piperazine rings is 1. The number of ether oxygens (including phenoxy) is 2. The van der Waals surface area contributed by atoms with Crippen molar-refractivity contribution < 1.29 is 14.3 Å². The van der Waals surface area contributed by atoms with E-state index in [-0.39, 0.29) is 5.91 Å². The molecule has 1 saturated heterocycles. The highest BCUT2D eigenvalue weighted by Crippen LogP contribution is 2.25. The lowest BCUT2D eigenvalue weighted by Gasteiger charge is -2.35.